The predicted octanol–water partition coefficient (Wildman–Crippen LogP) is 1.38. The summed E-state index contributed by atoms with van der Waals surface area (Å²) in [6.45, 7) is 1.50. The Morgan fingerprint density at radius 3 is 3.19 bits per heavy atom. The average molecular weight is 222 g/mol. The van der Waals surface area contributed by atoms with Gasteiger partial charge in [-0.1, -0.05) is 6.42 Å². The Morgan fingerprint density at radius 1 is 1.62 bits per heavy atom. The van der Waals surface area contributed by atoms with Crippen molar-refractivity contribution in [1.82, 2.24) is 10.2 Å². The van der Waals surface area contributed by atoms with Gasteiger partial charge in [0.1, 0.15) is 5.76 Å². The maximum atomic E-state index is 11.9. The van der Waals surface area contributed by atoms with E-state index in [4.69, 9.17) is 4.42 Å². The molecule has 0 bridgehead atoms. The fraction of sp³-hybridized carbons (Fsp3) is 0.583. The number of carbonyl (C=O) groups is 1. The van der Waals surface area contributed by atoms with Gasteiger partial charge in [0.15, 0.2) is 0 Å². The van der Waals surface area contributed by atoms with E-state index < -0.39 is 0 Å². The summed E-state index contributed by atoms with van der Waals surface area (Å²) in [6.07, 6.45) is 4.91. The highest BCUT2D eigenvalue weighted by atomic mass is 16.3. The number of rotatable bonds is 3. The molecule has 1 amide bonds. The topological polar surface area (TPSA) is 45.5 Å². The van der Waals surface area contributed by atoms with Crippen LogP contribution in [0.3, 0.4) is 0 Å². The molecule has 88 valence electrons. The summed E-state index contributed by atoms with van der Waals surface area (Å²) in [6, 6.07) is 3.72. The van der Waals surface area contributed by atoms with Crippen LogP contribution in [0.5, 0.6) is 0 Å². The first-order chi connectivity index (χ1) is 7.77. The van der Waals surface area contributed by atoms with E-state index in [0.717, 1.165) is 25.1 Å². The Kier molecular flexibility index (Phi) is 3.62. The predicted molar refractivity (Wildman–Crippen MR) is 60.8 cm³/mol. The van der Waals surface area contributed by atoms with Gasteiger partial charge in [0.25, 0.3) is 0 Å². The lowest BCUT2D eigenvalue weighted by molar-refractivity contribution is -0.127. The minimum Gasteiger partial charge on any atom is -0.467 e. The summed E-state index contributed by atoms with van der Waals surface area (Å²) in [5.74, 6) is 0.908. The number of furan rings is 1. The van der Waals surface area contributed by atoms with Gasteiger partial charge >= 0.3 is 0 Å². The zero-order valence-electron chi connectivity index (χ0n) is 9.61. The van der Waals surface area contributed by atoms with Gasteiger partial charge in [0.2, 0.25) is 5.91 Å². The van der Waals surface area contributed by atoms with Crippen molar-refractivity contribution in [3.05, 3.63) is 24.2 Å². The fourth-order valence-corrected chi connectivity index (χ4v) is 2.11. The van der Waals surface area contributed by atoms with E-state index in [2.05, 4.69) is 10.2 Å². The molecule has 0 spiro atoms. The second-order valence-corrected chi connectivity index (χ2v) is 4.29. The molecule has 2 heterocycles. The third-order valence-corrected chi connectivity index (χ3v) is 3.09. The SMILES string of the molecule is CN1CCCCC1C(=O)NCc1ccco1. The van der Waals surface area contributed by atoms with E-state index in [1.165, 1.54) is 6.42 Å². The zero-order chi connectivity index (χ0) is 11.4. The summed E-state index contributed by atoms with van der Waals surface area (Å²) in [5.41, 5.74) is 0. The minimum atomic E-state index is 0.0312. The number of hydrogen-bond acceptors (Lipinski definition) is 3. The molecule has 1 atom stereocenters. The van der Waals surface area contributed by atoms with E-state index in [1.54, 1.807) is 6.26 Å². The van der Waals surface area contributed by atoms with Gasteiger partial charge in [0, 0.05) is 0 Å². The number of carbonyl (C=O) groups excluding carboxylic acids is 1. The monoisotopic (exact) mass is 222 g/mol. The molecular weight excluding hydrogens is 204 g/mol. The molecule has 1 saturated heterocycles. The lowest BCUT2D eigenvalue weighted by atomic mass is 10.0. The second-order valence-electron chi connectivity index (χ2n) is 4.29. The minimum absolute atomic E-state index is 0.0312. The zero-order valence-corrected chi connectivity index (χ0v) is 9.61. The molecule has 1 aromatic rings. The van der Waals surface area contributed by atoms with E-state index in [9.17, 15) is 4.79 Å². The molecule has 0 radical (unpaired) electrons. The van der Waals surface area contributed by atoms with Crippen LogP contribution in [-0.4, -0.2) is 30.4 Å². The molecule has 4 nitrogen and oxygen atoms in total. The summed E-state index contributed by atoms with van der Waals surface area (Å²) < 4.78 is 5.17. The van der Waals surface area contributed by atoms with Crippen LogP contribution in [0.25, 0.3) is 0 Å². The first-order valence-electron chi connectivity index (χ1n) is 5.77. The number of likely N-dealkylation sites (tertiary alicyclic amines) is 1. The largest absolute Gasteiger partial charge is 0.467 e. The van der Waals surface area contributed by atoms with Gasteiger partial charge in [-0.05, 0) is 38.6 Å². The number of nitrogens with zero attached hydrogens (tertiary/aromatic N) is 1. The van der Waals surface area contributed by atoms with Gasteiger partial charge in [-0.3, -0.25) is 9.69 Å². The molecule has 4 heteroatoms. The van der Waals surface area contributed by atoms with Crippen LogP contribution in [0.4, 0.5) is 0 Å². The maximum Gasteiger partial charge on any atom is 0.237 e. The molecule has 0 aliphatic carbocycles. The van der Waals surface area contributed by atoms with Crippen molar-refractivity contribution in [2.45, 2.75) is 31.8 Å². The molecule has 2 rings (SSSR count). The molecule has 1 unspecified atom stereocenters. The molecule has 1 aromatic heterocycles. The third kappa shape index (κ3) is 2.64. The number of likely N-dealkylation sites (N-methyl/N-ethyl adjacent to an activating group) is 1. The second kappa shape index (κ2) is 5.16. The van der Waals surface area contributed by atoms with Crippen LogP contribution >= 0.6 is 0 Å². The van der Waals surface area contributed by atoms with Gasteiger partial charge < -0.3 is 9.73 Å². The van der Waals surface area contributed by atoms with Gasteiger partial charge in [-0.2, -0.15) is 0 Å². The number of nitrogens with one attached hydrogen (secondary N) is 1. The summed E-state index contributed by atoms with van der Waals surface area (Å²) in [7, 11) is 2.01. The quantitative estimate of drug-likeness (QED) is 0.840. The highest BCUT2D eigenvalue weighted by Crippen LogP contribution is 2.15. The Balaban J connectivity index is 1.83. The molecule has 0 aromatic carbocycles. The Bertz CT molecular complexity index is 335. The summed E-state index contributed by atoms with van der Waals surface area (Å²) in [5, 5.41) is 2.91. The molecule has 1 aliphatic rings. The lowest BCUT2D eigenvalue weighted by Gasteiger charge is -2.31. The first kappa shape index (κ1) is 11.2. The highest BCUT2D eigenvalue weighted by Gasteiger charge is 2.25. The van der Waals surface area contributed by atoms with Gasteiger partial charge in [0.05, 0.1) is 18.8 Å². The van der Waals surface area contributed by atoms with Crippen molar-refractivity contribution in [2.24, 2.45) is 0 Å². The molecule has 1 N–H and O–H groups in total. The number of piperidine rings is 1. The van der Waals surface area contributed by atoms with E-state index in [1.807, 2.05) is 19.2 Å². The standard InChI is InChI=1S/C12H18N2O2/c1-14-7-3-2-6-11(14)12(15)13-9-10-5-4-8-16-10/h4-5,8,11H,2-3,6-7,9H2,1H3,(H,13,15). The van der Waals surface area contributed by atoms with E-state index in [-0.39, 0.29) is 11.9 Å². The van der Waals surface area contributed by atoms with Crippen LogP contribution in [0.2, 0.25) is 0 Å². The van der Waals surface area contributed by atoms with Crippen LogP contribution in [0, 0.1) is 0 Å². The van der Waals surface area contributed by atoms with Crippen molar-refractivity contribution in [1.29, 1.82) is 0 Å². The number of amides is 1. The number of hydrogen-bond donors (Lipinski definition) is 1. The van der Waals surface area contributed by atoms with Gasteiger partial charge in [-0.25, -0.2) is 0 Å². The van der Waals surface area contributed by atoms with Crippen LogP contribution in [0.1, 0.15) is 25.0 Å². The maximum absolute atomic E-state index is 11.9. The van der Waals surface area contributed by atoms with Gasteiger partial charge in [-0.15, -0.1) is 0 Å². The van der Waals surface area contributed by atoms with Crippen molar-refractivity contribution in [3.63, 3.8) is 0 Å². The van der Waals surface area contributed by atoms with Crippen molar-refractivity contribution >= 4 is 5.91 Å². The molecule has 0 saturated carbocycles. The smallest absolute Gasteiger partial charge is 0.237 e. The highest BCUT2D eigenvalue weighted by molar-refractivity contribution is 5.81. The average Bonchev–Trinajstić information content (AvgIpc) is 2.79. The van der Waals surface area contributed by atoms with Crippen LogP contribution in [0.15, 0.2) is 22.8 Å². The Hall–Kier alpha value is -1.29. The van der Waals surface area contributed by atoms with Crippen LogP contribution < -0.4 is 5.32 Å². The van der Waals surface area contributed by atoms with Crippen molar-refractivity contribution < 1.29 is 9.21 Å². The fourth-order valence-electron chi connectivity index (χ4n) is 2.11. The first-order valence-corrected chi connectivity index (χ1v) is 5.77. The summed E-state index contributed by atoms with van der Waals surface area (Å²) >= 11 is 0. The Labute approximate surface area is 95.6 Å². The molecular formula is C12H18N2O2. The summed E-state index contributed by atoms with van der Waals surface area (Å²) in [4.78, 5) is 14.0. The van der Waals surface area contributed by atoms with E-state index >= 15 is 0 Å². The lowest BCUT2D eigenvalue weighted by Crippen LogP contribution is -2.47. The molecule has 16 heavy (non-hydrogen) atoms. The van der Waals surface area contributed by atoms with Crippen molar-refractivity contribution in [3.8, 4) is 0 Å². The molecule has 1 aliphatic heterocycles. The normalized spacial score (nSPS) is 21.9. The van der Waals surface area contributed by atoms with E-state index in [0.29, 0.717) is 6.54 Å². The van der Waals surface area contributed by atoms with Crippen LogP contribution in [-0.2, 0) is 11.3 Å². The van der Waals surface area contributed by atoms with Crippen molar-refractivity contribution in [2.75, 3.05) is 13.6 Å². The Morgan fingerprint density at radius 2 is 2.50 bits per heavy atom. The third-order valence-electron chi connectivity index (χ3n) is 3.09. The molecule has 1 fully saturated rings.